The van der Waals surface area contributed by atoms with Gasteiger partial charge in [-0.2, -0.15) is 0 Å². The molecule has 2 amide bonds. The van der Waals surface area contributed by atoms with Gasteiger partial charge in [0.25, 0.3) is 0 Å². The van der Waals surface area contributed by atoms with Crippen LogP contribution in [-0.2, 0) is 9.84 Å². The lowest BCUT2D eigenvalue weighted by Crippen LogP contribution is -2.38. The molecular formula is C17H23N3O4S. The van der Waals surface area contributed by atoms with E-state index in [9.17, 15) is 13.2 Å². The zero-order valence-corrected chi connectivity index (χ0v) is 15.0. The van der Waals surface area contributed by atoms with Gasteiger partial charge in [-0.15, -0.1) is 0 Å². The summed E-state index contributed by atoms with van der Waals surface area (Å²) in [7, 11) is -1.07. The van der Waals surface area contributed by atoms with Crippen LogP contribution in [0, 0.1) is 0 Å². The summed E-state index contributed by atoms with van der Waals surface area (Å²) in [5, 5.41) is 6.44. The van der Waals surface area contributed by atoms with E-state index >= 15 is 0 Å². The Morgan fingerprint density at radius 2 is 1.88 bits per heavy atom. The summed E-state index contributed by atoms with van der Waals surface area (Å²) in [4.78, 5) is 14.2. The molecule has 1 fully saturated rings. The highest BCUT2D eigenvalue weighted by Gasteiger charge is 2.23. The Morgan fingerprint density at radius 3 is 2.48 bits per heavy atom. The van der Waals surface area contributed by atoms with Crippen LogP contribution < -0.4 is 15.4 Å². The van der Waals surface area contributed by atoms with Gasteiger partial charge >= 0.3 is 6.03 Å². The Balaban J connectivity index is 1.47. The summed E-state index contributed by atoms with van der Waals surface area (Å²) in [5.41, 5.74) is 0.623. The topological polar surface area (TPSA) is 87.7 Å². The second-order valence-corrected chi connectivity index (χ2v) is 8.44. The molecule has 1 aromatic rings. The molecular weight excluding hydrogens is 342 g/mol. The molecule has 0 aromatic heterocycles. The molecule has 25 heavy (non-hydrogen) atoms. The van der Waals surface area contributed by atoms with Gasteiger partial charge in [0.05, 0.1) is 11.8 Å². The predicted molar refractivity (Wildman–Crippen MR) is 96.5 cm³/mol. The van der Waals surface area contributed by atoms with Gasteiger partial charge in [-0.1, -0.05) is 0 Å². The fraction of sp³-hybridized carbons (Fsp3) is 0.471. The summed E-state index contributed by atoms with van der Waals surface area (Å²) in [6.45, 7) is 2.08. The molecule has 0 unspecified atom stereocenters. The standard InChI is InChI=1S/C17H23N3O4S/c1-20-9-6-16(7-10-20)24-15-4-2-13(3-5-15)18-17(21)19-14-8-11-25(22,23)12-14/h2-5,8,11,14,16H,6-7,9-10,12H2,1H3,(H2,18,19,21)/t14-/m0/s1. The van der Waals surface area contributed by atoms with E-state index < -0.39 is 21.9 Å². The first kappa shape index (κ1) is 17.8. The number of amides is 2. The Morgan fingerprint density at radius 1 is 1.20 bits per heavy atom. The largest absolute Gasteiger partial charge is 0.490 e. The second kappa shape index (κ2) is 7.45. The molecule has 2 aliphatic heterocycles. The van der Waals surface area contributed by atoms with E-state index in [2.05, 4.69) is 22.6 Å². The highest BCUT2D eigenvalue weighted by atomic mass is 32.2. The fourth-order valence-electron chi connectivity index (χ4n) is 2.91. The number of carbonyl (C=O) groups excluding carboxylic acids is 1. The highest BCUT2D eigenvalue weighted by molar-refractivity contribution is 7.94. The van der Waals surface area contributed by atoms with Gasteiger partial charge in [0.2, 0.25) is 0 Å². The number of nitrogens with zero attached hydrogens (tertiary/aromatic N) is 1. The van der Waals surface area contributed by atoms with E-state index in [1.807, 2.05) is 12.1 Å². The van der Waals surface area contributed by atoms with E-state index in [1.54, 1.807) is 12.1 Å². The minimum absolute atomic E-state index is 0.0935. The summed E-state index contributed by atoms with van der Waals surface area (Å²) in [6, 6.07) is 6.27. The number of nitrogens with one attached hydrogen (secondary N) is 2. The first-order chi connectivity index (χ1) is 11.9. The lowest BCUT2D eigenvalue weighted by atomic mass is 10.1. The van der Waals surface area contributed by atoms with Gasteiger partial charge in [-0.05, 0) is 50.2 Å². The molecule has 0 bridgehead atoms. The van der Waals surface area contributed by atoms with Gasteiger partial charge in [-0.25, -0.2) is 13.2 Å². The molecule has 7 nitrogen and oxygen atoms in total. The number of carbonyl (C=O) groups is 1. The third-order valence-electron chi connectivity index (χ3n) is 4.33. The van der Waals surface area contributed by atoms with E-state index in [-0.39, 0.29) is 11.9 Å². The number of urea groups is 1. The molecule has 8 heteroatoms. The zero-order chi connectivity index (χ0) is 17.9. The number of anilines is 1. The molecule has 0 aliphatic carbocycles. The van der Waals surface area contributed by atoms with Gasteiger partial charge in [0.15, 0.2) is 9.84 Å². The van der Waals surface area contributed by atoms with E-state index in [0.29, 0.717) is 5.69 Å². The maximum atomic E-state index is 11.9. The van der Waals surface area contributed by atoms with Crippen molar-refractivity contribution >= 4 is 21.6 Å². The Hall–Kier alpha value is -2.06. The SMILES string of the molecule is CN1CCC(Oc2ccc(NC(=O)N[C@H]3C=CS(=O)(=O)C3)cc2)CC1. The second-order valence-electron chi connectivity index (χ2n) is 6.51. The summed E-state index contributed by atoms with van der Waals surface area (Å²) in [6.07, 6.45) is 3.73. The van der Waals surface area contributed by atoms with Gasteiger partial charge in [-0.3, -0.25) is 0 Å². The average Bonchev–Trinajstić information content (AvgIpc) is 2.90. The number of likely N-dealkylation sites (tertiary alicyclic amines) is 1. The molecule has 2 heterocycles. The smallest absolute Gasteiger partial charge is 0.319 e. The maximum absolute atomic E-state index is 11.9. The maximum Gasteiger partial charge on any atom is 0.319 e. The highest BCUT2D eigenvalue weighted by Crippen LogP contribution is 2.20. The van der Waals surface area contributed by atoms with Gasteiger partial charge in [0, 0.05) is 24.2 Å². The molecule has 3 rings (SSSR count). The molecule has 2 aliphatic rings. The number of benzene rings is 1. The minimum Gasteiger partial charge on any atom is -0.490 e. The van der Waals surface area contributed by atoms with Crippen LogP contribution in [-0.4, -0.2) is 57.4 Å². The summed E-state index contributed by atoms with van der Waals surface area (Å²) < 4.78 is 28.6. The Labute approximate surface area is 148 Å². The van der Waals surface area contributed by atoms with E-state index in [1.165, 1.54) is 6.08 Å². The van der Waals surface area contributed by atoms with Crippen molar-refractivity contribution in [2.24, 2.45) is 0 Å². The number of sulfone groups is 1. The van der Waals surface area contributed by atoms with Crippen molar-refractivity contribution in [3.63, 3.8) is 0 Å². The number of rotatable bonds is 4. The van der Waals surface area contributed by atoms with Crippen molar-refractivity contribution in [2.45, 2.75) is 25.0 Å². The Kier molecular flexibility index (Phi) is 5.29. The van der Waals surface area contributed by atoms with Crippen molar-refractivity contribution in [1.29, 1.82) is 0 Å². The molecule has 0 spiro atoms. The Bertz CT molecular complexity index is 738. The molecule has 1 atom stereocenters. The van der Waals surface area contributed by atoms with Crippen molar-refractivity contribution < 1.29 is 17.9 Å². The van der Waals surface area contributed by atoms with E-state index in [4.69, 9.17) is 4.74 Å². The number of piperidine rings is 1. The van der Waals surface area contributed by atoms with Crippen molar-refractivity contribution in [3.05, 3.63) is 35.7 Å². The minimum atomic E-state index is -3.18. The van der Waals surface area contributed by atoms with Crippen LogP contribution in [0.3, 0.4) is 0 Å². The number of hydrogen-bond acceptors (Lipinski definition) is 5. The first-order valence-electron chi connectivity index (χ1n) is 8.33. The van der Waals surface area contributed by atoms with Crippen LogP contribution in [0.25, 0.3) is 0 Å². The molecule has 1 saturated heterocycles. The number of hydrogen-bond donors (Lipinski definition) is 2. The normalized spacial score (nSPS) is 23.3. The average molecular weight is 365 g/mol. The fourth-order valence-corrected chi connectivity index (χ4v) is 4.15. The van der Waals surface area contributed by atoms with Crippen molar-refractivity contribution in [1.82, 2.24) is 10.2 Å². The lowest BCUT2D eigenvalue weighted by molar-refractivity contribution is 0.114. The van der Waals surface area contributed by atoms with Crippen LogP contribution in [0.1, 0.15) is 12.8 Å². The molecule has 2 N–H and O–H groups in total. The van der Waals surface area contributed by atoms with Crippen LogP contribution in [0.15, 0.2) is 35.7 Å². The van der Waals surface area contributed by atoms with Gasteiger partial charge in [0.1, 0.15) is 11.9 Å². The molecule has 0 saturated carbocycles. The summed E-state index contributed by atoms with van der Waals surface area (Å²) >= 11 is 0. The van der Waals surface area contributed by atoms with Crippen LogP contribution in [0.5, 0.6) is 5.75 Å². The van der Waals surface area contributed by atoms with Crippen LogP contribution >= 0.6 is 0 Å². The quantitative estimate of drug-likeness (QED) is 0.846. The lowest BCUT2D eigenvalue weighted by Gasteiger charge is -2.29. The predicted octanol–water partition coefficient (Wildman–Crippen LogP) is 1.59. The summed E-state index contributed by atoms with van der Waals surface area (Å²) in [5.74, 6) is 0.689. The van der Waals surface area contributed by atoms with Crippen molar-refractivity contribution in [2.75, 3.05) is 31.2 Å². The van der Waals surface area contributed by atoms with E-state index in [0.717, 1.165) is 37.1 Å². The molecule has 136 valence electrons. The van der Waals surface area contributed by atoms with Crippen molar-refractivity contribution in [3.8, 4) is 5.75 Å². The first-order valence-corrected chi connectivity index (χ1v) is 10.0. The number of ether oxygens (including phenoxy) is 1. The molecule has 0 radical (unpaired) electrons. The monoisotopic (exact) mass is 365 g/mol. The van der Waals surface area contributed by atoms with Gasteiger partial charge < -0.3 is 20.3 Å². The van der Waals surface area contributed by atoms with Crippen LogP contribution in [0.2, 0.25) is 0 Å². The van der Waals surface area contributed by atoms with Crippen LogP contribution in [0.4, 0.5) is 10.5 Å². The zero-order valence-electron chi connectivity index (χ0n) is 14.1. The third-order valence-corrected chi connectivity index (χ3v) is 5.72. The molecule has 1 aromatic carbocycles. The third kappa shape index (κ3) is 5.20.